The van der Waals surface area contributed by atoms with Crippen LogP contribution in [0.15, 0.2) is 41.0 Å². The standard InChI is InChI=1S/C15H16BrN3O/c1-10-8-12(16)6-5-11(10)9-19-14-13(15(20)17-2)4-3-7-18-14/h3-8H,9H2,1-2H3,(H,17,20)(H,18,19). The number of anilines is 1. The van der Waals surface area contributed by atoms with Crippen molar-refractivity contribution in [3.63, 3.8) is 0 Å². The van der Waals surface area contributed by atoms with Gasteiger partial charge >= 0.3 is 0 Å². The first-order valence-electron chi connectivity index (χ1n) is 6.28. The van der Waals surface area contributed by atoms with Crippen LogP contribution in [-0.2, 0) is 6.54 Å². The summed E-state index contributed by atoms with van der Waals surface area (Å²) >= 11 is 3.45. The third-order valence-corrected chi connectivity index (χ3v) is 3.52. The fraction of sp³-hybridized carbons (Fsp3) is 0.200. The molecule has 0 radical (unpaired) electrons. The number of carbonyl (C=O) groups excluding carboxylic acids is 1. The van der Waals surface area contributed by atoms with Gasteiger partial charge in [0.2, 0.25) is 0 Å². The second kappa shape index (κ2) is 6.52. The molecule has 1 aromatic carbocycles. The number of aryl methyl sites for hydroxylation is 1. The number of nitrogens with one attached hydrogen (secondary N) is 2. The van der Waals surface area contributed by atoms with E-state index in [0.717, 1.165) is 4.47 Å². The van der Waals surface area contributed by atoms with E-state index < -0.39 is 0 Å². The van der Waals surface area contributed by atoms with Crippen molar-refractivity contribution in [2.24, 2.45) is 0 Å². The van der Waals surface area contributed by atoms with E-state index in [2.05, 4.69) is 50.6 Å². The summed E-state index contributed by atoms with van der Waals surface area (Å²) in [6.07, 6.45) is 1.67. The van der Waals surface area contributed by atoms with Gasteiger partial charge in [-0.15, -0.1) is 0 Å². The van der Waals surface area contributed by atoms with E-state index in [9.17, 15) is 4.79 Å². The lowest BCUT2D eigenvalue weighted by Crippen LogP contribution is -2.20. The molecule has 4 nitrogen and oxygen atoms in total. The molecule has 0 unspecified atom stereocenters. The van der Waals surface area contributed by atoms with E-state index in [-0.39, 0.29) is 5.91 Å². The topological polar surface area (TPSA) is 54.0 Å². The number of hydrogen-bond acceptors (Lipinski definition) is 3. The minimum atomic E-state index is -0.145. The van der Waals surface area contributed by atoms with E-state index in [0.29, 0.717) is 17.9 Å². The molecule has 0 aliphatic rings. The molecule has 0 saturated heterocycles. The van der Waals surface area contributed by atoms with Crippen molar-refractivity contribution in [1.82, 2.24) is 10.3 Å². The zero-order chi connectivity index (χ0) is 14.5. The van der Waals surface area contributed by atoms with Gasteiger partial charge in [0.1, 0.15) is 5.82 Å². The van der Waals surface area contributed by atoms with Crippen LogP contribution < -0.4 is 10.6 Å². The smallest absolute Gasteiger partial charge is 0.254 e. The lowest BCUT2D eigenvalue weighted by atomic mass is 10.1. The molecule has 1 heterocycles. The van der Waals surface area contributed by atoms with Gasteiger partial charge in [-0.05, 0) is 42.3 Å². The summed E-state index contributed by atoms with van der Waals surface area (Å²) in [4.78, 5) is 16.0. The van der Waals surface area contributed by atoms with E-state index >= 15 is 0 Å². The molecule has 0 atom stereocenters. The van der Waals surface area contributed by atoms with Crippen molar-refractivity contribution >= 4 is 27.7 Å². The molecule has 0 aliphatic heterocycles. The molecule has 0 bridgehead atoms. The van der Waals surface area contributed by atoms with Gasteiger partial charge in [-0.1, -0.05) is 22.0 Å². The quantitative estimate of drug-likeness (QED) is 0.903. The Kier molecular flexibility index (Phi) is 4.74. The minimum absolute atomic E-state index is 0.145. The maximum atomic E-state index is 11.8. The van der Waals surface area contributed by atoms with Gasteiger partial charge in [-0.25, -0.2) is 4.98 Å². The number of hydrogen-bond donors (Lipinski definition) is 2. The Morgan fingerprint density at radius 2 is 2.15 bits per heavy atom. The van der Waals surface area contributed by atoms with Gasteiger partial charge in [0.25, 0.3) is 5.91 Å². The number of benzene rings is 1. The third-order valence-electron chi connectivity index (χ3n) is 3.03. The number of rotatable bonds is 4. The summed E-state index contributed by atoms with van der Waals surface area (Å²) in [5.74, 6) is 0.447. The number of halogens is 1. The highest BCUT2D eigenvalue weighted by atomic mass is 79.9. The van der Waals surface area contributed by atoms with Gasteiger partial charge in [0.15, 0.2) is 0 Å². The van der Waals surface area contributed by atoms with E-state index in [1.807, 2.05) is 6.07 Å². The van der Waals surface area contributed by atoms with Gasteiger partial charge in [-0.2, -0.15) is 0 Å². The fourth-order valence-electron chi connectivity index (χ4n) is 1.90. The Labute approximate surface area is 126 Å². The van der Waals surface area contributed by atoms with Gasteiger partial charge in [-0.3, -0.25) is 4.79 Å². The van der Waals surface area contributed by atoms with Gasteiger partial charge in [0.05, 0.1) is 5.56 Å². The highest BCUT2D eigenvalue weighted by molar-refractivity contribution is 9.10. The van der Waals surface area contributed by atoms with Crippen LogP contribution in [0.5, 0.6) is 0 Å². The van der Waals surface area contributed by atoms with E-state index in [1.54, 1.807) is 25.4 Å². The highest BCUT2D eigenvalue weighted by Gasteiger charge is 2.10. The third kappa shape index (κ3) is 3.36. The molecule has 2 rings (SSSR count). The van der Waals surface area contributed by atoms with Crippen LogP contribution in [-0.4, -0.2) is 17.9 Å². The molecule has 2 aromatic rings. The highest BCUT2D eigenvalue weighted by Crippen LogP contribution is 2.18. The molecule has 0 saturated carbocycles. The molecule has 0 aliphatic carbocycles. The van der Waals surface area contributed by atoms with Crippen LogP contribution in [0.4, 0.5) is 5.82 Å². The van der Waals surface area contributed by atoms with Crippen molar-refractivity contribution in [2.45, 2.75) is 13.5 Å². The number of nitrogens with zero attached hydrogens (tertiary/aromatic N) is 1. The first-order valence-corrected chi connectivity index (χ1v) is 7.07. The summed E-state index contributed by atoms with van der Waals surface area (Å²) in [5, 5.41) is 5.83. The molecule has 5 heteroatoms. The zero-order valence-electron chi connectivity index (χ0n) is 11.4. The Hall–Kier alpha value is -1.88. The second-order valence-electron chi connectivity index (χ2n) is 4.40. The lowest BCUT2D eigenvalue weighted by molar-refractivity contribution is 0.0963. The van der Waals surface area contributed by atoms with Crippen LogP contribution in [0.2, 0.25) is 0 Å². The number of pyridine rings is 1. The van der Waals surface area contributed by atoms with Gasteiger partial charge in [0, 0.05) is 24.3 Å². The molecule has 1 amide bonds. The van der Waals surface area contributed by atoms with Crippen LogP contribution in [0.1, 0.15) is 21.5 Å². The first kappa shape index (κ1) is 14.5. The normalized spacial score (nSPS) is 10.2. The van der Waals surface area contributed by atoms with Gasteiger partial charge < -0.3 is 10.6 Å². The predicted molar refractivity (Wildman–Crippen MR) is 83.8 cm³/mol. The summed E-state index contributed by atoms with van der Waals surface area (Å²) in [6.45, 7) is 2.68. The van der Waals surface area contributed by atoms with E-state index in [1.165, 1.54) is 11.1 Å². The molecular formula is C15H16BrN3O. The minimum Gasteiger partial charge on any atom is -0.365 e. The number of aromatic nitrogens is 1. The van der Waals surface area contributed by atoms with E-state index in [4.69, 9.17) is 0 Å². The molecule has 2 N–H and O–H groups in total. The molecular weight excluding hydrogens is 318 g/mol. The van der Waals surface area contributed by atoms with Crippen molar-refractivity contribution in [3.05, 3.63) is 57.7 Å². The molecule has 104 valence electrons. The fourth-order valence-corrected chi connectivity index (χ4v) is 2.38. The zero-order valence-corrected chi connectivity index (χ0v) is 13.0. The predicted octanol–water partition coefficient (Wildman–Crippen LogP) is 3.12. The van der Waals surface area contributed by atoms with Crippen molar-refractivity contribution in [3.8, 4) is 0 Å². The lowest BCUT2D eigenvalue weighted by Gasteiger charge is -2.11. The Morgan fingerprint density at radius 1 is 1.35 bits per heavy atom. The first-order chi connectivity index (χ1) is 9.61. The van der Waals surface area contributed by atoms with Crippen LogP contribution in [0.25, 0.3) is 0 Å². The molecule has 0 fully saturated rings. The second-order valence-corrected chi connectivity index (χ2v) is 5.32. The van der Waals surface area contributed by atoms with Crippen molar-refractivity contribution in [1.29, 1.82) is 0 Å². The van der Waals surface area contributed by atoms with Crippen LogP contribution in [0.3, 0.4) is 0 Å². The molecule has 20 heavy (non-hydrogen) atoms. The largest absolute Gasteiger partial charge is 0.365 e. The van der Waals surface area contributed by atoms with Crippen molar-refractivity contribution in [2.75, 3.05) is 12.4 Å². The average Bonchev–Trinajstić information content (AvgIpc) is 2.46. The summed E-state index contributed by atoms with van der Waals surface area (Å²) in [7, 11) is 1.61. The maximum Gasteiger partial charge on any atom is 0.254 e. The van der Waals surface area contributed by atoms with Crippen LogP contribution >= 0.6 is 15.9 Å². The molecule has 1 aromatic heterocycles. The maximum absolute atomic E-state index is 11.8. The summed E-state index contributed by atoms with van der Waals surface area (Å²) in [6, 6.07) is 9.62. The summed E-state index contributed by atoms with van der Waals surface area (Å²) in [5.41, 5.74) is 2.90. The van der Waals surface area contributed by atoms with Crippen molar-refractivity contribution < 1.29 is 4.79 Å². The average molecular weight is 334 g/mol. The Bertz CT molecular complexity index is 628. The summed E-state index contributed by atoms with van der Waals surface area (Å²) < 4.78 is 1.06. The number of amides is 1. The van der Waals surface area contributed by atoms with Crippen LogP contribution in [0, 0.1) is 6.92 Å². The Balaban J connectivity index is 2.17. The number of carbonyl (C=O) groups is 1. The Morgan fingerprint density at radius 3 is 2.85 bits per heavy atom. The SMILES string of the molecule is CNC(=O)c1cccnc1NCc1ccc(Br)cc1C. The molecule has 0 spiro atoms. The monoisotopic (exact) mass is 333 g/mol.